The molecule has 12 aromatic carbocycles. The molecule has 498 valence electrons. The maximum atomic E-state index is 9.82. The van der Waals surface area contributed by atoms with E-state index in [1.54, 1.807) is 4.57 Å². The first-order valence-electron chi connectivity index (χ1n) is 39.6. The van der Waals surface area contributed by atoms with Crippen molar-refractivity contribution in [2.75, 3.05) is 9.80 Å². The molecule has 0 radical (unpaired) electrons. The summed E-state index contributed by atoms with van der Waals surface area (Å²) in [7, 11) is 0. The number of fused-ring (bicyclic) bond motifs is 7. The zero-order valence-corrected chi connectivity index (χ0v) is 61.5. The van der Waals surface area contributed by atoms with Gasteiger partial charge in [0.15, 0.2) is 0 Å². The summed E-state index contributed by atoms with van der Waals surface area (Å²) in [6.45, 7) is 40.3. The minimum Gasteiger partial charge on any atom is -0.310 e. The van der Waals surface area contributed by atoms with Crippen LogP contribution in [0.5, 0.6) is 0 Å². The molecule has 3 heterocycles. The monoisotopic (exact) mass is 1310 g/mol. The smallest absolute Gasteiger partial charge is 0.252 e. The molecule has 100 heavy (non-hydrogen) atoms. The third-order valence-electron chi connectivity index (χ3n) is 21.0. The largest absolute Gasteiger partial charge is 0.310 e. The normalized spacial score (nSPS) is 14.6. The molecular weight excluding hydrogens is 1210 g/mol. The average Bonchev–Trinajstić information content (AvgIpc) is 1.14. The second-order valence-electron chi connectivity index (χ2n) is 34.1. The number of benzene rings is 12. The summed E-state index contributed by atoms with van der Waals surface area (Å²) in [6, 6.07) is 73.5. The van der Waals surface area contributed by atoms with E-state index in [-0.39, 0.29) is 78.5 Å². The number of nitrogens with zero attached hydrogens (tertiary/aromatic N) is 3. The summed E-state index contributed by atoms with van der Waals surface area (Å²) >= 11 is 0. The molecule has 0 fully saturated rings. The van der Waals surface area contributed by atoms with Gasteiger partial charge in [-0.2, -0.15) is 0 Å². The van der Waals surface area contributed by atoms with Crippen LogP contribution in [0.3, 0.4) is 0 Å². The number of anilines is 6. The molecule has 1 aromatic heterocycles. The van der Waals surface area contributed by atoms with Crippen LogP contribution in [0.2, 0.25) is 0 Å². The van der Waals surface area contributed by atoms with Crippen LogP contribution < -0.4 is 26.2 Å². The van der Waals surface area contributed by atoms with E-state index in [4.69, 9.17) is 2.74 Å². The van der Waals surface area contributed by atoms with Crippen LogP contribution in [0, 0.1) is 0 Å². The molecule has 0 amide bonds. The van der Waals surface area contributed by atoms with Gasteiger partial charge in [0.2, 0.25) is 0 Å². The Morgan fingerprint density at radius 2 is 0.630 bits per heavy atom. The lowest BCUT2D eigenvalue weighted by Gasteiger charge is -2.45. The number of para-hydroxylation sites is 4. The highest BCUT2D eigenvalue weighted by Gasteiger charge is 2.45. The molecule has 0 N–H and O–H groups in total. The molecule has 0 aliphatic carbocycles. The predicted molar refractivity (Wildman–Crippen MR) is 434 cm³/mol. The van der Waals surface area contributed by atoms with Gasteiger partial charge in [0, 0.05) is 61.5 Å². The zero-order chi connectivity index (χ0) is 77.3. The van der Waals surface area contributed by atoms with E-state index in [2.05, 4.69) is 335 Å². The summed E-state index contributed by atoms with van der Waals surface area (Å²) in [5.41, 5.74) is 26.3. The summed E-state index contributed by atoms with van der Waals surface area (Å²) in [6.07, 6.45) is 0. The van der Waals surface area contributed by atoms with Crippen LogP contribution in [0.1, 0.15) is 169 Å². The van der Waals surface area contributed by atoms with Crippen molar-refractivity contribution < 1.29 is 11.0 Å². The van der Waals surface area contributed by atoms with E-state index in [0.717, 1.165) is 106 Å². The van der Waals surface area contributed by atoms with Gasteiger partial charge in [-0.3, -0.25) is 0 Å². The highest BCUT2D eigenvalue weighted by Crippen LogP contribution is 2.54. The minimum atomic E-state index is -0.492. The van der Waals surface area contributed by atoms with Crippen LogP contribution in [0.15, 0.2) is 255 Å². The number of hydrogen-bond donors (Lipinski definition) is 0. The lowest BCUT2D eigenvalue weighted by molar-refractivity contribution is 0.569. The van der Waals surface area contributed by atoms with Crippen molar-refractivity contribution in [3.63, 3.8) is 0 Å². The van der Waals surface area contributed by atoms with Gasteiger partial charge >= 0.3 is 0 Å². The van der Waals surface area contributed by atoms with Crippen molar-refractivity contribution in [2.45, 2.75) is 157 Å². The van der Waals surface area contributed by atoms with Crippen molar-refractivity contribution in [1.82, 2.24) is 4.57 Å². The molecule has 2 aliphatic rings. The molecule has 15 rings (SSSR count). The van der Waals surface area contributed by atoms with Gasteiger partial charge in [0.05, 0.1) is 33.4 Å². The van der Waals surface area contributed by atoms with Crippen molar-refractivity contribution in [3.8, 4) is 61.3 Å². The Morgan fingerprint density at radius 3 is 1.01 bits per heavy atom. The first-order chi connectivity index (χ1) is 50.7. The summed E-state index contributed by atoms with van der Waals surface area (Å²) in [5.74, 6) is 0. The topological polar surface area (TPSA) is 11.4 Å². The minimum absolute atomic E-state index is 0.0199. The zero-order valence-electron chi connectivity index (χ0n) is 69.5. The molecule has 0 bridgehead atoms. The first-order valence-corrected chi connectivity index (χ1v) is 35.6. The van der Waals surface area contributed by atoms with E-state index in [0.29, 0.717) is 5.69 Å². The fourth-order valence-electron chi connectivity index (χ4n) is 15.2. The summed E-state index contributed by atoms with van der Waals surface area (Å²) < 4.78 is 77.1. The van der Waals surface area contributed by atoms with Crippen LogP contribution in [0.25, 0.3) is 83.1 Å². The molecule has 2 aliphatic heterocycles. The van der Waals surface area contributed by atoms with Crippen LogP contribution >= 0.6 is 0 Å². The molecule has 3 nitrogen and oxygen atoms in total. The van der Waals surface area contributed by atoms with E-state index in [1.165, 1.54) is 33.4 Å². The molecule has 0 unspecified atom stereocenters. The van der Waals surface area contributed by atoms with Gasteiger partial charge in [-0.15, -0.1) is 0 Å². The Labute approximate surface area is 607 Å². The molecule has 0 saturated carbocycles. The van der Waals surface area contributed by atoms with E-state index < -0.39 is 30.9 Å². The summed E-state index contributed by atoms with van der Waals surface area (Å²) in [5, 5.41) is 0.0399. The maximum Gasteiger partial charge on any atom is 0.252 e. The second kappa shape index (κ2) is 23.9. The van der Waals surface area contributed by atoms with Gasteiger partial charge in [0.25, 0.3) is 6.71 Å². The molecular formula is C96H96BN3. The number of rotatable bonds is 8. The van der Waals surface area contributed by atoms with E-state index in [9.17, 15) is 8.22 Å². The van der Waals surface area contributed by atoms with Gasteiger partial charge in [-0.05, 0) is 158 Å². The second-order valence-corrected chi connectivity index (χ2v) is 34.1. The molecule has 0 atom stereocenters. The van der Waals surface area contributed by atoms with Gasteiger partial charge < -0.3 is 14.4 Å². The van der Waals surface area contributed by atoms with Gasteiger partial charge in [-0.25, -0.2) is 0 Å². The Hall–Kier alpha value is -9.90. The summed E-state index contributed by atoms with van der Waals surface area (Å²) in [4.78, 5) is 4.99. The molecule has 0 saturated heterocycles. The average molecular weight is 1310 g/mol. The fraction of sp³-hybridized carbons (Fsp3) is 0.250. The van der Waals surface area contributed by atoms with Crippen LogP contribution in [0.4, 0.5) is 34.1 Å². The van der Waals surface area contributed by atoms with Crippen LogP contribution in [-0.2, 0) is 32.5 Å². The SMILES string of the molecule is [2H]c1c([2H])c([2H])c2c(c1[2H])c1c([2H])c([2H])c([2H])c([2H])c1n2-c1ccc2c(c1)N(c1c(-c3ccc(C(C)(C)C)cc3)cccc1-c1ccc(C(C)(C)C)cc1)c1cccc3c1B2c1cc(-c2cc(C(C)(C)C)cc(C(C)(C)C)c2)ccc1N3c1c(-c2ccc(C(C)(C)C)cc2)cccc1-c1ccc(C(C)(C)C)cc1. The number of aromatic nitrogens is 1. The lowest BCUT2D eigenvalue weighted by atomic mass is 9.33. The Balaban J connectivity index is 1.12. The Morgan fingerprint density at radius 1 is 0.280 bits per heavy atom. The van der Waals surface area contributed by atoms with E-state index >= 15 is 0 Å². The van der Waals surface area contributed by atoms with Crippen molar-refractivity contribution in [1.29, 1.82) is 0 Å². The highest BCUT2D eigenvalue weighted by atomic mass is 15.2. The van der Waals surface area contributed by atoms with Gasteiger partial charge in [0.1, 0.15) is 0 Å². The first kappa shape index (κ1) is 56.9. The molecule has 4 heteroatoms. The Bertz CT molecular complexity index is 5570. The third kappa shape index (κ3) is 11.6. The maximum absolute atomic E-state index is 9.82. The van der Waals surface area contributed by atoms with Gasteiger partial charge in [-0.1, -0.05) is 337 Å². The van der Waals surface area contributed by atoms with Crippen molar-refractivity contribution >= 4 is 79.0 Å². The van der Waals surface area contributed by atoms with Crippen LogP contribution in [-0.4, -0.2) is 11.3 Å². The molecule has 0 spiro atoms. The lowest BCUT2D eigenvalue weighted by Crippen LogP contribution is -2.61. The molecule has 13 aromatic rings. The quantitative estimate of drug-likeness (QED) is 0.141. The van der Waals surface area contributed by atoms with Crippen molar-refractivity contribution in [2.24, 2.45) is 0 Å². The standard InChI is InChI=1S/C96H96BN3/c1-91(2,3)67-45-36-61(37-46-67)74-28-23-29-75(62-38-47-68(48-39-62)92(4,5)6)89(74)99-84-55-44-65(66-56-71(95(13,14)15)59-72(57-66)96(16,17)18)58-81(84)97-80-54-53-73(98-82-32-21-19-26-78(82)79-27-20-22-33-83(79)98)60-87(80)100(86-35-25-34-85(99)88(86)97)90-76(63-40-49-69(50-41-63)93(7,8)9)30-24-31-77(90)64-42-51-70(52-43-64)94(10,11)12/h19-60H,1-18H3/i19D,20D,21D,22D,26D,27D,32D,33D. The third-order valence-corrected chi connectivity index (χ3v) is 21.0. The Kier molecular flexibility index (Phi) is 13.6. The predicted octanol–water partition coefficient (Wildman–Crippen LogP) is 25.0. The van der Waals surface area contributed by atoms with E-state index in [1.807, 2.05) is 6.07 Å². The number of hydrogen-bond acceptors (Lipinski definition) is 2. The van der Waals surface area contributed by atoms with Crippen molar-refractivity contribution in [3.05, 3.63) is 288 Å². The fourth-order valence-corrected chi connectivity index (χ4v) is 15.2. The highest BCUT2D eigenvalue weighted by molar-refractivity contribution is 7.00.